The van der Waals surface area contributed by atoms with Crippen molar-refractivity contribution in [1.82, 2.24) is 20.4 Å². The molecule has 7 nitrogen and oxygen atoms in total. The van der Waals surface area contributed by atoms with Gasteiger partial charge in [-0.15, -0.1) is 0 Å². The van der Waals surface area contributed by atoms with E-state index in [0.717, 1.165) is 53.3 Å². The van der Waals surface area contributed by atoms with Crippen LogP contribution in [0, 0.1) is 11.3 Å². The topological polar surface area (TPSA) is 94.0 Å². The number of aromatic nitrogens is 2. The van der Waals surface area contributed by atoms with Crippen LogP contribution in [0.15, 0.2) is 36.4 Å². The second-order valence-electron chi connectivity index (χ2n) is 8.66. The number of nitrogens with zero attached hydrogens (tertiary/aromatic N) is 3. The number of methoxy groups -OCH3 is 1. The van der Waals surface area contributed by atoms with Crippen LogP contribution >= 0.6 is 0 Å². The first-order chi connectivity index (χ1) is 16.2. The molecular weight excluding hydrogens is 414 g/mol. The number of likely N-dealkylation sites (tertiary alicyclic amines) is 1. The maximum Gasteiger partial charge on any atom is 0.255 e. The molecule has 0 saturated carbocycles. The summed E-state index contributed by atoms with van der Waals surface area (Å²) in [7, 11) is 1.59. The number of hydrogen-bond donors (Lipinski definition) is 2. The maximum atomic E-state index is 13.0. The molecule has 1 amide bonds. The van der Waals surface area contributed by atoms with Crippen LogP contribution in [0.5, 0.6) is 5.75 Å². The van der Waals surface area contributed by atoms with Gasteiger partial charge in [0.2, 0.25) is 0 Å². The molecule has 1 aliphatic carbocycles. The van der Waals surface area contributed by atoms with Crippen LogP contribution < -0.4 is 10.1 Å². The molecule has 2 N–H and O–H groups in total. The second kappa shape index (κ2) is 9.08. The molecule has 1 aliphatic heterocycles. The zero-order valence-corrected chi connectivity index (χ0v) is 18.8. The Morgan fingerprint density at radius 3 is 2.73 bits per heavy atom. The number of aromatic amines is 1. The van der Waals surface area contributed by atoms with Crippen molar-refractivity contribution in [3.05, 3.63) is 58.7 Å². The molecule has 0 radical (unpaired) electrons. The zero-order valence-electron chi connectivity index (χ0n) is 18.8. The minimum atomic E-state index is -0.104. The number of ether oxygens (including phenoxy) is 1. The standard InChI is InChI=1S/C26H27N5O2/c1-33-23-15-20-19(13-21(23)26(32)28-9-12-31-10-3-2-4-11-31)14-22-24(29-30-25(20)22)18-7-5-17(16-27)6-8-18/h5-8,13,15H,2-4,9-12,14H2,1H3,(H,28,32)(H,29,30). The van der Waals surface area contributed by atoms with Crippen molar-refractivity contribution < 1.29 is 9.53 Å². The Bertz CT molecular complexity index is 1220. The van der Waals surface area contributed by atoms with Gasteiger partial charge in [-0.2, -0.15) is 10.4 Å². The van der Waals surface area contributed by atoms with E-state index in [1.54, 1.807) is 19.2 Å². The Morgan fingerprint density at radius 2 is 2.00 bits per heavy atom. The van der Waals surface area contributed by atoms with Crippen LogP contribution in [0.2, 0.25) is 0 Å². The van der Waals surface area contributed by atoms with E-state index in [1.807, 2.05) is 24.3 Å². The van der Waals surface area contributed by atoms with Crippen molar-refractivity contribution >= 4 is 5.91 Å². The van der Waals surface area contributed by atoms with Crippen LogP contribution in [0.3, 0.4) is 0 Å². The summed E-state index contributed by atoms with van der Waals surface area (Å²) in [6.45, 7) is 3.74. The van der Waals surface area contributed by atoms with Crippen LogP contribution in [0.4, 0.5) is 0 Å². The number of amides is 1. The van der Waals surface area contributed by atoms with E-state index in [4.69, 9.17) is 10.00 Å². The molecule has 1 aromatic heterocycles. The summed E-state index contributed by atoms with van der Waals surface area (Å²) in [6.07, 6.45) is 4.48. The number of nitrogens with one attached hydrogen (secondary N) is 2. The van der Waals surface area contributed by atoms with Gasteiger partial charge in [-0.1, -0.05) is 18.6 Å². The summed E-state index contributed by atoms with van der Waals surface area (Å²) in [6, 6.07) is 13.5. The fourth-order valence-corrected chi connectivity index (χ4v) is 4.85. The van der Waals surface area contributed by atoms with E-state index in [-0.39, 0.29) is 5.91 Å². The number of piperidine rings is 1. The molecule has 0 bridgehead atoms. The first-order valence-electron chi connectivity index (χ1n) is 11.5. The van der Waals surface area contributed by atoms with Gasteiger partial charge < -0.3 is 15.0 Å². The third-order valence-electron chi connectivity index (χ3n) is 6.62. The normalized spacial score (nSPS) is 14.9. The monoisotopic (exact) mass is 441 g/mol. The molecular formula is C26H27N5O2. The summed E-state index contributed by atoms with van der Waals surface area (Å²) < 4.78 is 5.58. The highest BCUT2D eigenvalue weighted by Crippen LogP contribution is 2.42. The van der Waals surface area contributed by atoms with Gasteiger partial charge in [-0.05, 0) is 55.8 Å². The van der Waals surface area contributed by atoms with Crippen molar-refractivity contribution in [2.45, 2.75) is 25.7 Å². The molecule has 1 fully saturated rings. The van der Waals surface area contributed by atoms with Crippen molar-refractivity contribution in [3.63, 3.8) is 0 Å². The lowest BCUT2D eigenvalue weighted by molar-refractivity contribution is 0.0943. The number of carbonyl (C=O) groups excluding carboxylic acids is 1. The van der Waals surface area contributed by atoms with Crippen molar-refractivity contribution in [2.75, 3.05) is 33.3 Å². The smallest absolute Gasteiger partial charge is 0.255 e. The Morgan fingerprint density at radius 1 is 1.21 bits per heavy atom. The Balaban J connectivity index is 1.35. The first kappa shape index (κ1) is 21.2. The highest BCUT2D eigenvalue weighted by molar-refractivity contribution is 5.99. The molecule has 3 aromatic rings. The van der Waals surface area contributed by atoms with Crippen LogP contribution in [-0.4, -0.2) is 54.3 Å². The second-order valence-corrected chi connectivity index (χ2v) is 8.66. The van der Waals surface area contributed by atoms with Crippen LogP contribution in [-0.2, 0) is 6.42 Å². The van der Waals surface area contributed by atoms with Gasteiger partial charge in [0.25, 0.3) is 5.91 Å². The Kier molecular flexibility index (Phi) is 5.84. The summed E-state index contributed by atoms with van der Waals surface area (Å²) >= 11 is 0. The predicted molar refractivity (Wildman–Crippen MR) is 126 cm³/mol. The molecule has 7 heteroatoms. The number of benzene rings is 2. The molecule has 2 aliphatic rings. The zero-order chi connectivity index (χ0) is 22.8. The molecule has 2 aromatic carbocycles. The number of H-pyrrole nitrogens is 1. The lowest BCUT2D eigenvalue weighted by atomic mass is 10.0. The van der Waals surface area contributed by atoms with Crippen molar-refractivity contribution in [1.29, 1.82) is 5.26 Å². The Hall–Kier alpha value is -3.63. The van der Waals surface area contributed by atoms with E-state index in [2.05, 4.69) is 26.5 Å². The van der Waals surface area contributed by atoms with E-state index in [1.165, 1.54) is 19.3 Å². The number of fused-ring (bicyclic) bond motifs is 3. The van der Waals surface area contributed by atoms with Gasteiger partial charge in [0.15, 0.2) is 0 Å². The lowest BCUT2D eigenvalue weighted by Gasteiger charge is -2.26. The van der Waals surface area contributed by atoms with E-state index in [0.29, 0.717) is 29.8 Å². The molecule has 168 valence electrons. The fraction of sp³-hybridized carbons (Fsp3) is 0.346. The molecule has 0 atom stereocenters. The lowest BCUT2D eigenvalue weighted by Crippen LogP contribution is -2.37. The predicted octanol–water partition coefficient (Wildman–Crippen LogP) is 3.74. The summed E-state index contributed by atoms with van der Waals surface area (Å²) in [5, 5.41) is 19.8. The average molecular weight is 442 g/mol. The van der Waals surface area contributed by atoms with E-state index < -0.39 is 0 Å². The largest absolute Gasteiger partial charge is 0.496 e. The molecule has 2 heterocycles. The average Bonchev–Trinajstić information content (AvgIpc) is 3.43. The van der Waals surface area contributed by atoms with E-state index in [9.17, 15) is 4.79 Å². The van der Waals surface area contributed by atoms with Crippen molar-refractivity contribution in [2.24, 2.45) is 0 Å². The molecule has 0 spiro atoms. The summed E-state index contributed by atoms with van der Waals surface area (Å²) in [5.41, 5.74) is 7.16. The van der Waals surface area contributed by atoms with Crippen LogP contribution in [0.25, 0.3) is 22.5 Å². The molecule has 5 rings (SSSR count). The van der Waals surface area contributed by atoms with Gasteiger partial charge >= 0.3 is 0 Å². The van der Waals surface area contributed by atoms with E-state index >= 15 is 0 Å². The van der Waals surface area contributed by atoms with Crippen molar-refractivity contribution in [3.8, 4) is 34.3 Å². The minimum Gasteiger partial charge on any atom is -0.496 e. The molecule has 33 heavy (non-hydrogen) atoms. The number of nitriles is 1. The van der Waals surface area contributed by atoms with Gasteiger partial charge in [0.1, 0.15) is 5.75 Å². The maximum absolute atomic E-state index is 13.0. The third-order valence-corrected chi connectivity index (χ3v) is 6.62. The van der Waals surface area contributed by atoms with Gasteiger partial charge in [-0.25, -0.2) is 0 Å². The first-order valence-corrected chi connectivity index (χ1v) is 11.5. The van der Waals surface area contributed by atoms with Gasteiger partial charge in [-0.3, -0.25) is 9.89 Å². The summed E-state index contributed by atoms with van der Waals surface area (Å²) in [5.74, 6) is 0.458. The Labute approximate surface area is 193 Å². The van der Waals surface area contributed by atoms with Gasteiger partial charge in [0, 0.05) is 36.2 Å². The number of carbonyl (C=O) groups is 1. The van der Waals surface area contributed by atoms with Gasteiger partial charge in [0.05, 0.1) is 35.7 Å². The molecule has 1 saturated heterocycles. The highest BCUT2D eigenvalue weighted by Gasteiger charge is 2.28. The fourth-order valence-electron chi connectivity index (χ4n) is 4.85. The summed E-state index contributed by atoms with van der Waals surface area (Å²) in [4.78, 5) is 15.4. The number of rotatable bonds is 6. The molecule has 0 unspecified atom stereocenters. The highest BCUT2D eigenvalue weighted by atomic mass is 16.5. The quantitative estimate of drug-likeness (QED) is 0.475. The van der Waals surface area contributed by atoms with Crippen LogP contribution in [0.1, 0.15) is 46.3 Å². The minimum absolute atomic E-state index is 0.104. The number of hydrogen-bond acceptors (Lipinski definition) is 5. The third kappa shape index (κ3) is 4.10. The SMILES string of the molecule is COc1cc2c(cc1C(=O)NCCN1CCCCC1)Cc1c(-c3ccc(C#N)cc3)n[nH]c1-2.